The first-order chi connectivity index (χ1) is 15.5. The van der Waals surface area contributed by atoms with E-state index < -0.39 is 11.3 Å². The number of amides is 1. The third kappa shape index (κ3) is 5.30. The number of nitrogens with one attached hydrogen (secondary N) is 1. The number of piperidine rings is 1. The Hall–Kier alpha value is -3.29. The number of aromatic nitrogens is 2. The molecule has 7 nitrogen and oxygen atoms in total. The van der Waals surface area contributed by atoms with Crippen LogP contribution in [0.25, 0.3) is 5.69 Å². The lowest BCUT2D eigenvalue weighted by molar-refractivity contribution is 0.0792. The molecule has 0 bridgehead atoms. The van der Waals surface area contributed by atoms with Gasteiger partial charge in [0.05, 0.1) is 11.8 Å². The molecule has 166 valence electrons. The summed E-state index contributed by atoms with van der Waals surface area (Å²) in [5.74, 6) is -0.490. The molecule has 1 fully saturated rings. The van der Waals surface area contributed by atoms with Crippen molar-refractivity contribution >= 4 is 5.91 Å². The third-order valence-corrected chi connectivity index (χ3v) is 5.76. The number of aliphatic hydroxyl groups excluding tert-OH is 1. The van der Waals surface area contributed by atoms with Gasteiger partial charge in [0.1, 0.15) is 0 Å². The highest BCUT2D eigenvalue weighted by Gasteiger charge is 2.17. The first-order valence-electron chi connectivity index (χ1n) is 10.9. The fourth-order valence-corrected chi connectivity index (χ4v) is 3.90. The summed E-state index contributed by atoms with van der Waals surface area (Å²) in [5.41, 5.74) is 3.08. The molecule has 0 aliphatic carbocycles. The summed E-state index contributed by atoms with van der Waals surface area (Å²) in [6, 6.07) is 18.9. The first kappa shape index (κ1) is 21.9. The van der Waals surface area contributed by atoms with Gasteiger partial charge >= 0.3 is 0 Å². The van der Waals surface area contributed by atoms with E-state index in [4.69, 9.17) is 0 Å². The summed E-state index contributed by atoms with van der Waals surface area (Å²) in [6.45, 7) is 4.77. The molecule has 4 rings (SSSR count). The van der Waals surface area contributed by atoms with E-state index in [1.165, 1.54) is 11.6 Å². The van der Waals surface area contributed by atoms with Crippen LogP contribution in [0.15, 0.2) is 65.5 Å². The minimum Gasteiger partial charge on any atom is -0.393 e. The van der Waals surface area contributed by atoms with Gasteiger partial charge < -0.3 is 10.4 Å². The Morgan fingerprint density at radius 3 is 2.41 bits per heavy atom. The van der Waals surface area contributed by atoms with Gasteiger partial charge in [0, 0.05) is 37.9 Å². The summed E-state index contributed by atoms with van der Waals surface area (Å²) in [5, 5.41) is 16.7. The Kier molecular flexibility index (Phi) is 6.78. The number of rotatable bonds is 6. The molecule has 0 radical (unpaired) electrons. The molecule has 0 saturated carbocycles. The molecule has 32 heavy (non-hydrogen) atoms. The van der Waals surface area contributed by atoms with Crippen molar-refractivity contribution in [3.63, 3.8) is 0 Å². The molecule has 0 atom stereocenters. The zero-order valence-electron chi connectivity index (χ0n) is 18.2. The zero-order chi connectivity index (χ0) is 22.5. The zero-order valence-corrected chi connectivity index (χ0v) is 18.2. The van der Waals surface area contributed by atoms with Crippen molar-refractivity contribution in [1.82, 2.24) is 20.0 Å². The minimum absolute atomic E-state index is 0.122. The van der Waals surface area contributed by atoms with E-state index in [1.54, 1.807) is 11.6 Å². The SMILES string of the molecule is Cc1cc(=O)c(C(=O)NCc2ccc(CN3CCC(O)CC3)cc2)nn1-c1ccccc1. The van der Waals surface area contributed by atoms with Crippen LogP contribution in [0, 0.1) is 6.92 Å². The fourth-order valence-electron chi connectivity index (χ4n) is 3.90. The highest BCUT2D eigenvalue weighted by molar-refractivity contribution is 5.92. The van der Waals surface area contributed by atoms with Gasteiger partial charge in [0.25, 0.3) is 5.91 Å². The van der Waals surface area contributed by atoms with E-state index in [1.807, 2.05) is 42.5 Å². The Morgan fingerprint density at radius 1 is 1.06 bits per heavy atom. The minimum atomic E-state index is -0.490. The molecule has 1 amide bonds. The number of hydrogen-bond acceptors (Lipinski definition) is 5. The number of aryl methyl sites for hydroxylation is 1. The predicted octanol–water partition coefficient (Wildman–Crippen LogP) is 2.43. The summed E-state index contributed by atoms with van der Waals surface area (Å²) < 4.78 is 1.60. The number of carbonyl (C=O) groups excluding carboxylic acids is 1. The second kappa shape index (κ2) is 9.89. The van der Waals surface area contributed by atoms with Crippen LogP contribution in [-0.4, -0.2) is 44.9 Å². The summed E-state index contributed by atoms with van der Waals surface area (Å²) in [6.07, 6.45) is 1.48. The van der Waals surface area contributed by atoms with Crippen molar-refractivity contribution in [3.05, 3.63) is 93.4 Å². The smallest absolute Gasteiger partial charge is 0.276 e. The Bertz CT molecular complexity index is 1120. The Labute approximate surface area is 187 Å². The summed E-state index contributed by atoms with van der Waals surface area (Å²) in [4.78, 5) is 27.4. The van der Waals surface area contributed by atoms with E-state index in [2.05, 4.69) is 27.4 Å². The van der Waals surface area contributed by atoms with Crippen molar-refractivity contribution in [2.75, 3.05) is 13.1 Å². The molecule has 1 aliphatic heterocycles. The average molecular weight is 433 g/mol. The quantitative estimate of drug-likeness (QED) is 0.625. The second-order valence-corrected chi connectivity index (χ2v) is 8.25. The highest BCUT2D eigenvalue weighted by atomic mass is 16.3. The molecule has 0 unspecified atom stereocenters. The van der Waals surface area contributed by atoms with Crippen LogP contribution < -0.4 is 10.7 Å². The number of nitrogens with zero attached hydrogens (tertiary/aromatic N) is 3. The highest BCUT2D eigenvalue weighted by Crippen LogP contribution is 2.14. The van der Waals surface area contributed by atoms with Crippen molar-refractivity contribution < 1.29 is 9.90 Å². The van der Waals surface area contributed by atoms with Gasteiger partial charge in [-0.25, -0.2) is 4.68 Å². The van der Waals surface area contributed by atoms with Gasteiger partial charge in [-0.15, -0.1) is 0 Å². The van der Waals surface area contributed by atoms with E-state index in [0.29, 0.717) is 12.2 Å². The van der Waals surface area contributed by atoms with Crippen LogP contribution >= 0.6 is 0 Å². The maximum absolute atomic E-state index is 12.7. The average Bonchev–Trinajstić information content (AvgIpc) is 2.80. The summed E-state index contributed by atoms with van der Waals surface area (Å²) in [7, 11) is 0. The molecular formula is C25H28N4O3. The summed E-state index contributed by atoms with van der Waals surface area (Å²) >= 11 is 0. The molecule has 3 aromatic rings. The van der Waals surface area contributed by atoms with Crippen molar-refractivity contribution in [2.24, 2.45) is 0 Å². The molecule has 7 heteroatoms. The standard InChI is InChI=1S/C25H28N4O3/c1-18-15-23(31)24(27-29(18)21-5-3-2-4-6-21)25(32)26-16-19-7-9-20(10-8-19)17-28-13-11-22(30)12-14-28/h2-10,15,22,30H,11-14,16-17H2,1H3,(H,26,32). The molecular weight excluding hydrogens is 404 g/mol. The predicted molar refractivity (Wildman–Crippen MR) is 123 cm³/mol. The van der Waals surface area contributed by atoms with Crippen LogP contribution in [0.4, 0.5) is 0 Å². The van der Waals surface area contributed by atoms with E-state index in [-0.39, 0.29) is 11.8 Å². The first-order valence-corrected chi connectivity index (χ1v) is 10.9. The van der Waals surface area contributed by atoms with Crippen molar-refractivity contribution in [2.45, 2.75) is 39.0 Å². The fraction of sp³-hybridized carbons (Fsp3) is 0.320. The lowest BCUT2D eigenvalue weighted by atomic mass is 10.1. The van der Waals surface area contributed by atoms with Crippen LogP contribution in [-0.2, 0) is 13.1 Å². The van der Waals surface area contributed by atoms with E-state index in [9.17, 15) is 14.7 Å². The number of carbonyl (C=O) groups is 1. The van der Waals surface area contributed by atoms with Crippen LogP contribution in [0.1, 0.15) is 40.2 Å². The second-order valence-electron chi connectivity index (χ2n) is 8.25. The monoisotopic (exact) mass is 432 g/mol. The Balaban J connectivity index is 1.39. The normalized spacial score (nSPS) is 14.9. The van der Waals surface area contributed by atoms with Crippen molar-refractivity contribution in [1.29, 1.82) is 0 Å². The van der Waals surface area contributed by atoms with Gasteiger partial charge in [-0.3, -0.25) is 14.5 Å². The van der Waals surface area contributed by atoms with Gasteiger partial charge in [-0.1, -0.05) is 42.5 Å². The number of likely N-dealkylation sites (tertiary alicyclic amines) is 1. The van der Waals surface area contributed by atoms with Crippen LogP contribution in [0.3, 0.4) is 0 Å². The van der Waals surface area contributed by atoms with Crippen molar-refractivity contribution in [3.8, 4) is 5.69 Å². The van der Waals surface area contributed by atoms with E-state index in [0.717, 1.165) is 43.7 Å². The molecule has 0 spiro atoms. The van der Waals surface area contributed by atoms with Gasteiger partial charge in [-0.05, 0) is 43.0 Å². The molecule has 1 aliphatic rings. The van der Waals surface area contributed by atoms with Crippen LogP contribution in [0.5, 0.6) is 0 Å². The lowest BCUT2D eigenvalue weighted by Crippen LogP contribution is -2.35. The maximum atomic E-state index is 12.7. The molecule has 2 aromatic carbocycles. The third-order valence-electron chi connectivity index (χ3n) is 5.76. The van der Waals surface area contributed by atoms with E-state index >= 15 is 0 Å². The lowest BCUT2D eigenvalue weighted by Gasteiger charge is -2.29. The largest absolute Gasteiger partial charge is 0.393 e. The topological polar surface area (TPSA) is 87.5 Å². The molecule has 2 heterocycles. The van der Waals surface area contributed by atoms with Gasteiger partial charge in [0.15, 0.2) is 5.69 Å². The Morgan fingerprint density at radius 2 is 1.72 bits per heavy atom. The van der Waals surface area contributed by atoms with Gasteiger partial charge in [-0.2, -0.15) is 5.10 Å². The number of hydrogen-bond donors (Lipinski definition) is 2. The van der Waals surface area contributed by atoms with Crippen LogP contribution in [0.2, 0.25) is 0 Å². The number of para-hydroxylation sites is 1. The molecule has 1 aromatic heterocycles. The van der Waals surface area contributed by atoms with Gasteiger partial charge in [0.2, 0.25) is 5.43 Å². The number of benzene rings is 2. The number of aliphatic hydroxyl groups is 1. The molecule has 2 N–H and O–H groups in total. The molecule has 1 saturated heterocycles. The maximum Gasteiger partial charge on any atom is 0.276 e.